The van der Waals surface area contributed by atoms with Crippen molar-refractivity contribution in [1.82, 2.24) is 5.32 Å². The average Bonchev–Trinajstić information content (AvgIpc) is 2.93. The molecule has 0 aliphatic heterocycles. The Morgan fingerprint density at radius 2 is 2.22 bits per heavy atom. The number of nitrogens with one attached hydrogen (secondary N) is 1. The van der Waals surface area contributed by atoms with Gasteiger partial charge in [0.15, 0.2) is 0 Å². The number of hydrogen-bond donors (Lipinski definition) is 2. The summed E-state index contributed by atoms with van der Waals surface area (Å²) < 4.78 is 1.15. The van der Waals surface area contributed by atoms with Gasteiger partial charge in [-0.05, 0) is 40.5 Å². The van der Waals surface area contributed by atoms with Crippen molar-refractivity contribution >= 4 is 44.6 Å². The topological polar surface area (TPSA) is 49.3 Å². The lowest BCUT2D eigenvalue weighted by atomic mass is 10.3. The summed E-state index contributed by atoms with van der Waals surface area (Å²) in [4.78, 5) is 13.1. The fourth-order valence-corrected chi connectivity index (χ4v) is 3.81. The highest BCUT2D eigenvalue weighted by Gasteiger charge is 2.05. The van der Waals surface area contributed by atoms with Gasteiger partial charge < -0.3 is 10.4 Å². The fraction of sp³-hybridized carbons (Fsp3) is 0.250. The highest BCUT2D eigenvalue weighted by molar-refractivity contribution is 9.11. The molecule has 0 bridgehead atoms. The highest BCUT2D eigenvalue weighted by Crippen LogP contribution is 2.22. The molecule has 0 amide bonds. The minimum absolute atomic E-state index is 0.374. The zero-order valence-electron chi connectivity index (χ0n) is 9.48. The number of hydrogen-bond acceptors (Lipinski definition) is 4. The second-order valence-electron chi connectivity index (χ2n) is 3.74. The highest BCUT2D eigenvalue weighted by atomic mass is 79.9. The molecule has 0 saturated heterocycles. The van der Waals surface area contributed by atoms with Gasteiger partial charge in [0.2, 0.25) is 0 Å². The van der Waals surface area contributed by atoms with E-state index in [4.69, 9.17) is 5.11 Å². The Labute approximate surface area is 122 Å². The number of halogens is 1. The molecule has 0 fully saturated rings. The third-order valence-electron chi connectivity index (χ3n) is 2.38. The van der Waals surface area contributed by atoms with Crippen molar-refractivity contribution in [1.29, 1.82) is 0 Å². The number of aromatic carboxylic acids is 1. The van der Waals surface area contributed by atoms with Gasteiger partial charge in [-0.2, -0.15) is 0 Å². The number of carboxylic acid groups (broad SMARTS) is 1. The summed E-state index contributed by atoms with van der Waals surface area (Å²) in [5.74, 6) is -0.860. The quantitative estimate of drug-likeness (QED) is 0.786. The van der Waals surface area contributed by atoms with E-state index < -0.39 is 5.97 Å². The second kappa shape index (κ2) is 6.47. The molecule has 18 heavy (non-hydrogen) atoms. The molecule has 0 radical (unpaired) electrons. The third kappa shape index (κ3) is 3.91. The lowest BCUT2D eigenvalue weighted by molar-refractivity contribution is 0.0697. The largest absolute Gasteiger partial charge is 0.478 e. The summed E-state index contributed by atoms with van der Waals surface area (Å²) >= 11 is 6.66. The van der Waals surface area contributed by atoms with Crippen molar-refractivity contribution in [3.8, 4) is 0 Å². The van der Waals surface area contributed by atoms with Crippen LogP contribution in [0.4, 0.5) is 0 Å². The summed E-state index contributed by atoms with van der Waals surface area (Å²) in [6.45, 7) is 1.62. The normalized spacial score (nSPS) is 10.7. The maximum absolute atomic E-state index is 10.7. The molecule has 0 aliphatic rings. The molecule has 0 unspecified atom stereocenters. The number of carbonyl (C=O) groups is 1. The number of carboxylic acids is 1. The molecule has 2 N–H and O–H groups in total. The van der Waals surface area contributed by atoms with Crippen molar-refractivity contribution in [3.63, 3.8) is 0 Å². The van der Waals surface area contributed by atoms with Crippen LogP contribution in [0.2, 0.25) is 0 Å². The Morgan fingerprint density at radius 3 is 2.83 bits per heavy atom. The lowest BCUT2D eigenvalue weighted by Crippen LogP contribution is -2.15. The molecule has 6 heteroatoms. The monoisotopic (exact) mass is 345 g/mol. The molecule has 96 valence electrons. The predicted molar refractivity (Wildman–Crippen MR) is 78.7 cm³/mol. The first kappa shape index (κ1) is 13.7. The van der Waals surface area contributed by atoms with Crippen LogP contribution < -0.4 is 5.32 Å². The standard InChI is InChI=1S/C12H12BrNO2S2/c13-11-2-1-9(18-11)3-4-14-6-10-5-8(7-17-10)12(15)16/h1-2,5,7,14H,3-4,6H2,(H,15,16). The third-order valence-corrected chi connectivity index (χ3v) is 5.00. The van der Waals surface area contributed by atoms with E-state index in [1.165, 1.54) is 16.2 Å². The molecular formula is C12H12BrNO2S2. The summed E-state index contributed by atoms with van der Waals surface area (Å²) in [7, 11) is 0. The van der Waals surface area contributed by atoms with Gasteiger partial charge in [0.25, 0.3) is 0 Å². The molecule has 3 nitrogen and oxygen atoms in total. The molecule has 2 heterocycles. The molecule has 0 atom stereocenters. The average molecular weight is 346 g/mol. The molecule has 2 aromatic rings. The lowest BCUT2D eigenvalue weighted by Gasteiger charge is -2.01. The van der Waals surface area contributed by atoms with Gasteiger partial charge in [-0.1, -0.05) is 0 Å². The summed E-state index contributed by atoms with van der Waals surface area (Å²) in [6, 6.07) is 5.89. The molecule has 0 aliphatic carbocycles. The van der Waals surface area contributed by atoms with E-state index in [9.17, 15) is 4.79 Å². The van der Waals surface area contributed by atoms with Crippen LogP contribution in [-0.4, -0.2) is 17.6 Å². The van der Waals surface area contributed by atoms with Gasteiger partial charge in [0.05, 0.1) is 9.35 Å². The maximum atomic E-state index is 10.7. The molecular weight excluding hydrogens is 334 g/mol. The first-order chi connectivity index (χ1) is 8.65. The predicted octanol–water partition coefficient (Wildman–Crippen LogP) is 3.60. The van der Waals surface area contributed by atoms with Gasteiger partial charge in [-0.3, -0.25) is 0 Å². The van der Waals surface area contributed by atoms with E-state index in [2.05, 4.69) is 33.4 Å². The SMILES string of the molecule is O=C(O)c1csc(CNCCc2ccc(Br)s2)c1. The molecule has 0 aromatic carbocycles. The Hall–Kier alpha value is -0.690. The van der Waals surface area contributed by atoms with Crippen LogP contribution in [0, 0.1) is 0 Å². The minimum atomic E-state index is -0.860. The zero-order valence-corrected chi connectivity index (χ0v) is 12.7. The van der Waals surface area contributed by atoms with Crippen LogP contribution in [0.5, 0.6) is 0 Å². The van der Waals surface area contributed by atoms with Gasteiger partial charge in [0, 0.05) is 28.2 Å². The van der Waals surface area contributed by atoms with Crippen molar-refractivity contribution in [2.75, 3.05) is 6.54 Å². The van der Waals surface area contributed by atoms with E-state index in [0.717, 1.165) is 28.2 Å². The maximum Gasteiger partial charge on any atom is 0.336 e. The zero-order chi connectivity index (χ0) is 13.0. The Morgan fingerprint density at radius 1 is 1.39 bits per heavy atom. The van der Waals surface area contributed by atoms with E-state index in [-0.39, 0.29) is 0 Å². The fourth-order valence-electron chi connectivity index (χ4n) is 1.49. The van der Waals surface area contributed by atoms with Crippen LogP contribution in [0.15, 0.2) is 27.4 Å². The van der Waals surface area contributed by atoms with Gasteiger partial charge in [0.1, 0.15) is 0 Å². The second-order valence-corrected chi connectivity index (χ2v) is 7.28. The molecule has 2 rings (SSSR count). The smallest absolute Gasteiger partial charge is 0.336 e. The summed E-state index contributed by atoms with van der Waals surface area (Å²) in [5, 5.41) is 13.8. The molecule has 2 aromatic heterocycles. The van der Waals surface area contributed by atoms with Crippen molar-refractivity contribution in [2.24, 2.45) is 0 Å². The van der Waals surface area contributed by atoms with Crippen LogP contribution in [0.25, 0.3) is 0 Å². The Balaban J connectivity index is 1.73. The van der Waals surface area contributed by atoms with Crippen molar-refractivity contribution in [2.45, 2.75) is 13.0 Å². The summed E-state index contributed by atoms with van der Waals surface area (Å²) in [6.07, 6.45) is 0.993. The first-order valence-electron chi connectivity index (χ1n) is 5.41. The van der Waals surface area contributed by atoms with Gasteiger partial charge >= 0.3 is 5.97 Å². The number of rotatable bonds is 6. The van der Waals surface area contributed by atoms with E-state index >= 15 is 0 Å². The van der Waals surface area contributed by atoms with E-state index in [1.54, 1.807) is 22.8 Å². The van der Waals surface area contributed by atoms with Crippen molar-refractivity contribution < 1.29 is 9.90 Å². The number of thiophene rings is 2. The molecule has 0 saturated carbocycles. The van der Waals surface area contributed by atoms with Crippen LogP contribution in [-0.2, 0) is 13.0 Å². The first-order valence-corrected chi connectivity index (χ1v) is 7.89. The van der Waals surface area contributed by atoms with E-state index in [1.807, 2.05) is 0 Å². The van der Waals surface area contributed by atoms with E-state index in [0.29, 0.717) is 5.56 Å². The molecule has 0 spiro atoms. The minimum Gasteiger partial charge on any atom is -0.478 e. The summed E-state index contributed by atoms with van der Waals surface area (Å²) in [5.41, 5.74) is 0.374. The van der Waals surface area contributed by atoms with Crippen LogP contribution in [0.3, 0.4) is 0 Å². The Kier molecular flexibility index (Phi) is 4.94. The Bertz CT molecular complexity index is 536. The van der Waals surface area contributed by atoms with Crippen molar-refractivity contribution in [3.05, 3.63) is 42.7 Å². The van der Waals surface area contributed by atoms with Crippen LogP contribution in [0.1, 0.15) is 20.1 Å². The van der Waals surface area contributed by atoms with Crippen LogP contribution >= 0.6 is 38.6 Å². The van der Waals surface area contributed by atoms with Gasteiger partial charge in [-0.25, -0.2) is 4.79 Å². The van der Waals surface area contributed by atoms with Gasteiger partial charge in [-0.15, -0.1) is 22.7 Å².